The van der Waals surface area contributed by atoms with Crippen molar-refractivity contribution in [2.75, 3.05) is 13.1 Å². The third kappa shape index (κ3) is 2.82. The number of hydrogen-bond donors (Lipinski definition) is 1. The molecule has 0 aromatic carbocycles. The standard InChI is InChI=1S/C12H22N2/c1-2-8-14(11-5-6-11)9-7-12(13)10-3-4-10/h2,10-12H,1,3-9,13H2. The molecule has 2 heteroatoms. The Morgan fingerprint density at radius 1 is 1.36 bits per heavy atom. The van der Waals surface area contributed by atoms with E-state index in [2.05, 4.69) is 11.5 Å². The summed E-state index contributed by atoms with van der Waals surface area (Å²) in [4.78, 5) is 2.54. The molecule has 1 atom stereocenters. The van der Waals surface area contributed by atoms with Gasteiger partial charge < -0.3 is 5.73 Å². The lowest BCUT2D eigenvalue weighted by Crippen LogP contribution is -2.33. The molecule has 0 spiro atoms. The normalized spacial score (nSPS) is 23.9. The van der Waals surface area contributed by atoms with Gasteiger partial charge in [0, 0.05) is 25.2 Å². The largest absolute Gasteiger partial charge is 0.327 e. The lowest BCUT2D eigenvalue weighted by atomic mass is 10.1. The molecule has 0 amide bonds. The van der Waals surface area contributed by atoms with Crippen LogP contribution in [0.3, 0.4) is 0 Å². The third-order valence-corrected chi connectivity index (χ3v) is 3.40. The predicted molar refractivity (Wildman–Crippen MR) is 60.1 cm³/mol. The van der Waals surface area contributed by atoms with Crippen molar-refractivity contribution >= 4 is 0 Å². The maximum absolute atomic E-state index is 6.09. The fourth-order valence-corrected chi connectivity index (χ4v) is 2.10. The van der Waals surface area contributed by atoms with Gasteiger partial charge in [-0.3, -0.25) is 4.90 Å². The molecule has 0 aromatic heterocycles. The minimum atomic E-state index is 0.459. The Hall–Kier alpha value is -0.340. The van der Waals surface area contributed by atoms with Crippen molar-refractivity contribution < 1.29 is 0 Å². The van der Waals surface area contributed by atoms with Crippen LogP contribution in [-0.2, 0) is 0 Å². The van der Waals surface area contributed by atoms with Crippen molar-refractivity contribution in [3.63, 3.8) is 0 Å². The Morgan fingerprint density at radius 3 is 2.57 bits per heavy atom. The summed E-state index contributed by atoms with van der Waals surface area (Å²) < 4.78 is 0. The van der Waals surface area contributed by atoms with Gasteiger partial charge in [0.05, 0.1) is 0 Å². The van der Waals surface area contributed by atoms with Gasteiger partial charge >= 0.3 is 0 Å². The molecule has 14 heavy (non-hydrogen) atoms. The molecule has 80 valence electrons. The summed E-state index contributed by atoms with van der Waals surface area (Å²) in [6, 6.07) is 1.31. The summed E-state index contributed by atoms with van der Waals surface area (Å²) in [6.45, 7) is 6.03. The highest BCUT2D eigenvalue weighted by atomic mass is 15.2. The maximum atomic E-state index is 6.09. The molecule has 0 saturated heterocycles. The van der Waals surface area contributed by atoms with Crippen LogP contribution >= 0.6 is 0 Å². The van der Waals surface area contributed by atoms with E-state index >= 15 is 0 Å². The van der Waals surface area contributed by atoms with Crippen LogP contribution in [0.15, 0.2) is 12.7 Å². The zero-order chi connectivity index (χ0) is 9.97. The monoisotopic (exact) mass is 194 g/mol. The van der Waals surface area contributed by atoms with Crippen LogP contribution in [0.1, 0.15) is 32.1 Å². The fraction of sp³-hybridized carbons (Fsp3) is 0.833. The van der Waals surface area contributed by atoms with Crippen LogP contribution in [0.25, 0.3) is 0 Å². The molecule has 2 fully saturated rings. The highest BCUT2D eigenvalue weighted by molar-refractivity contribution is 4.90. The first-order valence-corrected chi connectivity index (χ1v) is 5.92. The van der Waals surface area contributed by atoms with Gasteiger partial charge in [-0.05, 0) is 38.0 Å². The lowest BCUT2D eigenvalue weighted by Gasteiger charge is -2.22. The Morgan fingerprint density at radius 2 is 2.07 bits per heavy atom. The zero-order valence-electron chi connectivity index (χ0n) is 8.99. The van der Waals surface area contributed by atoms with Gasteiger partial charge in [0.25, 0.3) is 0 Å². The second-order valence-corrected chi connectivity index (χ2v) is 4.80. The summed E-state index contributed by atoms with van der Waals surface area (Å²) in [5.74, 6) is 0.847. The first-order valence-electron chi connectivity index (χ1n) is 5.92. The molecule has 0 radical (unpaired) electrons. The maximum Gasteiger partial charge on any atom is 0.0163 e. The fourth-order valence-electron chi connectivity index (χ4n) is 2.10. The smallest absolute Gasteiger partial charge is 0.0163 e. The highest BCUT2D eigenvalue weighted by Crippen LogP contribution is 2.33. The van der Waals surface area contributed by atoms with Gasteiger partial charge in [0.15, 0.2) is 0 Å². The minimum Gasteiger partial charge on any atom is -0.327 e. The summed E-state index contributed by atoms with van der Waals surface area (Å²) >= 11 is 0. The van der Waals surface area contributed by atoms with Crippen LogP contribution in [0.4, 0.5) is 0 Å². The molecule has 0 aliphatic heterocycles. The van der Waals surface area contributed by atoms with E-state index < -0.39 is 0 Å². The third-order valence-electron chi connectivity index (χ3n) is 3.40. The van der Waals surface area contributed by atoms with Crippen LogP contribution < -0.4 is 5.73 Å². The van der Waals surface area contributed by atoms with E-state index in [9.17, 15) is 0 Å². The second kappa shape index (κ2) is 4.45. The second-order valence-electron chi connectivity index (χ2n) is 4.80. The summed E-state index contributed by atoms with van der Waals surface area (Å²) in [5.41, 5.74) is 6.09. The summed E-state index contributed by atoms with van der Waals surface area (Å²) in [5, 5.41) is 0. The van der Waals surface area contributed by atoms with Crippen LogP contribution in [0.5, 0.6) is 0 Å². The SMILES string of the molecule is C=CCN(CCC(N)C1CC1)C1CC1. The van der Waals surface area contributed by atoms with Crippen molar-refractivity contribution in [3.05, 3.63) is 12.7 Å². The number of nitrogens with two attached hydrogens (primary N) is 1. The zero-order valence-corrected chi connectivity index (χ0v) is 8.99. The van der Waals surface area contributed by atoms with Crippen molar-refractivity contribution in [2.45, 2.75) is 44.2 Å². The van der Waals surface area contributed by atoms with Gasteiger partial charge in [-0.15, -0.1) is 6.58 Å². The molecule has 2 rings (SSSR count). The Balaban J connectivity index is 1.67. The van der Waals surface area contributed by atoms with E-state index in [1.807, 2.05) is 6.08 Å². The van der Waals surface area contributed by atoms with Crippen molar-refractivity contribution in [1.82, 2.24) is 4.90 Å². The van der Waals surface area contributed by atoms with E-state index in [0.29, 0.717) is 6.04 Å². The van der Waals surface area contributed by atoms with E-state index in [1.165, 1.54) is 38.6 Å². The average Bonchev–Trinajstić information content (AvgIpc) is 3.05. The average molecular weight is 194 g/mol. The first kappa shape index (κ1) is 10.2. The molecule has 0 aromatic rings. The van der Waals surface area contributed by atoms with E-state index in [1.54, 1.807) is 0 Å². The predicted octanol–water partition coefficient (Wildman–Crippen LogP) is 1.76. The number of nitrogens with zero attached hydrogens (tertiary/aromatic N) is 1. The number of rotatable bonds is 7. The van der Waals surface area contributed by atoms with Crippen LogP contribution in [0, 0.1) is 5.92 Å². The molecule has 2 nitrogen and oxygen atoms in total. The molecule has 2 saturated carbocycles. The summed E-state index contributed by atoms with van der Waals surface area (Å²) in [7, 11) is 0. The van der Waals surface area contributed by atoms with Crippen molar-refractivity contribution in [3.8, 4) is 0 Å². The van der Waals surface area contributed by atoms with Gasteiger partial charge in [0.2, 0.25) is 0 Å². The van der Waals surface area contributed by atoms with E-state index in [0.717, 1.165) is 18.5 Å². The molecular formula is C12H22N2. The first-order chi connectivity index (χ1) is 6.81. The van der Waals surface area contributed by atoms with Crippen LogP contribution in [-0.4, -0.2) is 30.1 Å². The van der Waals surface area contributed by atoms with Crippen molar-refractivity contribution in [2.24, 2.45) is 11.7 Å². The molecule has 2 aliphatic rings. The van der Waals surface area contributed by atoms with Gasteiger partial charge in [-0.2, -0.15) is 0 Å². The molecule has 0 heterocycles. The topological polar surface area (TPSA) is 29.3 Å². The van der Waals surface area contributed by atoms with Crippen molar-refractivity contribution in [1.29, 1.82) is 0 Å². The van der Waals surface area contributed by atoms with E-state index in [-0.39, 0.29) is 0 Å². The van der Waals surface area contributed by atoms with E-state index in [4.69, 9.17) is 5.73 Å². The summed E-state index contributed by atoms with van der Waals surface area (Å²) in [6.07, 6.45) is 8.69. The van der Waals surface area contributed by atoms with Gasteiger partial charge in [-0.25, -0.2) is 0 Å². The quantitative estimate of drug-likeness (QED) is 0.626. The molecular weight excluding hydrogens is 172 g/mol. The Kier molecular flexibility index (Phi) is 3.24. The molecule has 2 N–H and O–H groups in total. The highest BCUT2D eigenvalue weighted by Gasteiger charge is 2.31. The lowest BCUT2D eigenvalue weighted by molar-refractivity contribution is 0.275. The molecule has 1 unspecified atom stereocenters. The molecule has 0 bridgehead atoms. The molecule has 2 aliphatic carbocycles. The Labute approximate surface area is 87.2 Å². The van der Waals surface area contributed by atoms with Gasteiger partial charge in [-0.1, -0.05) is 6.08 Å². The van der Waals surface area contributed by atoms with Gasteiger partial charge in [0.1, 0.15) is 0 Å². The number of hydrogen-bond acceptors (Lipinski definition) is 2. The minimum absolute atomic E-state index is 0.459. The van der Waals surface area contributed by atoms with Crippen LogP contribution in [0.2, 0.25) is 0 Å². The Bertz CT molecular complexity index is 194.